The van der Waals surface area contributed by atoms with E-state index < -0.39 is 29.9 Å². The summed E-state index contributed by atoms with van der Waals surface area (Å²) < 4.78 is 5.42. The highest BCUT2D eigenvalue weighted by atomic mass is 33.1. The Balaban J connectivity index is 2.16. The highest BCUT2D eigenvalue weighted by Gasteiger charge is 2.43. The molecule has 0 amide bonds. The van der Waals surface area contributed by atoms with Crippen LogP contribution in [0.15, 0.2) is 0 Å². The van der Waals surface area contributed by atoms with Crippen molar-refractivity contribution in [3.8, 4) is 0 Å². The van der Waals surface area contributed by atoms with Crippen molar-refractivity contribution in [1.29, 1.82) is 0 Å². The average molecular weight is 341 g/mol. The van der Waals surface area contributed by atoms with Crippen LogP contribution in [0, 0.1) is 0 Å². The third-order valence-corrected chi connectivity index (χ3v) is 6.24. The Labute approximate surface area is 134 Å². The third-order valence-electron chi connectivity index (χ3n) is 3.59. The van der Waals surface area contributed by atoms with Gasteiger partial charge in [-0.15, -0.1) is 0 Å². The number of aliphatic hydroxyl groups excluding tert-OH is 4. The predicted molar refractivity (Wildman–Crippen MR) is 87.2 cm³/mol. The molecule has 7 heteroatoms. The molecule has 4 N–H and O–H groups in total. The van der Waals surface area contributed by atoms with Crippen molar-refractivity contribution in [3.63, 3.8) is 0 Å². The fourth-order valence-corrected chi connectivity index (χ4v) is 4.74. The van der Waals surface area contributed by atoms with Crippen LogP contribution in [0.1, 0.15) is 45.4 Å². The van der Waals surface area contributed by atoms with Gasteiger partial charge < -0.3 is 25.2 Å². The van der Waals surface area contributed by atoms with Crippen molar-refractivity contribution in [2.75, 3.05) is 12.4 Å². The molecule has 1 rings (SSSR count). The van der Waals surface area contributed by atoms with Crippen molar-refractivity contribution < 1.29 is 25.2 Å². The fourth-order valence-electron chi connectivity index (χ4n) is 2.20. The second-order valence-electron chi connectivity index (χ2n) is 5.38. The van der Waals surface area contributed by atoms with Crippen LogP contribution in [-0.2, 0) is 4.74 Å². The third kappa shape index (κ3) is 6.64. The van der Waals surface area contributed by atoms with Crippen molar-refractivity contribution in [1.82, 2.24) is 0 Å². The summed E-state index contributed by atoms with van der Waals surface area (Å²) in [5.74, 6) is 0.964. The van der Waals surface area contributed by atoms with Crippen LogP contribution in [0.2, 0.25) is 0 Å². The second kappa shape index (κ2) is 11.1. The number of ether oxygens (including phenoxy) is 1. The Kier molecular flexibility index (Phi) is 10.3. The molecule has 5 atom stereocenters. The molecule has 5 nitrogen and oxygen atoms in total. The molecule has 0 aliphatic carbocycles. The number of unbranched alkanes of at least 4 members (excludes halogenated alkanes) is 5. The molecule has 0 aromatic carbocycles. The molecule has 0 aromatic heterocycles. The van der Waals surface area contributed by atoms with E-state index in [0.717, 1.165) is 12.2 Å². The number of hydrogen-bond acceptors (Lipinski definition) is 7. The van der Waals surface area contributed by atoms with Gasteiger partial charge in [-0.25, -0.2) is 0 Å². The molecule has 0 radical (unpaired) electrons. The van der Waals surface area contributed by atoms with Crippen LogP contribution in [0.3, 0.4) is 0 Å². The van der Waals surface area contributed by atoms with Crippen LogP contribution in [0.4, 0.5) is 0 Å². The molecule has 1 aliphatic heterocycles. The van der Waals surface area contributed by atoms with E-state index in [1.54, 1.807) is 10.8 Å². The molecule has 1 aliphatic rings. The van der Waals surface area contributed by atoms with Gasteiger partial charge in [-0.1, -0.05) is 60.6 Å². The Morgan fingerprint density at radius 1 is 0.905 bits per heavy atom. The first kappa shape index (κ1) is 19.5. The maximum atomic E-state index is 9.87. The van der Waals surface area contributed by atoms with Crippen molar-refractivity contribution in [2.45, 2.75) is 75.3 Å². The Hall–Kier alpha value is 0.500. The molecule has 21 heavy (non-hydrogen) atoms. The van der Waals surface area contributed by atoms with Gasteiger partial charge in [0.25, 0.3) is 0 Å². The molecule has 1 saturated heterocycles. The van der Waals surface area contributed by atoms with Crippen LogP contribution < -0.4 is 0 Å². The van der Waals surface area contributed by atoms with Crippen molar-refractivity contribution in [2.24, 2.45) is 0 Å². The quantitative estimate of drug-likeness (QED) is 0.354. The van der Waals surface area contributed by atoms with Gasteiger partial charge in [-0.3, -0.25) is 0 Å². The summed E-state index contributed by atoms with van der Waals surface area (Å²) in [5, 5.41) is 38.3. The summed E-state index contributed by atoms with van der Waals surface area (Å²) >= 11 is 0. The lowest BCUT2D eigenvalue weighted by molar-refractivity contribution is -0.205. The van der Waals surface area contributed by atoms with E-state index in [4.69, 9.17) is 9.84 Å². The number of rotatable bonds is 10. The predicted octanol–water partition coefficient (Wildman–Crippen LogP) is 1.53. The zero-order valence-corrected chi connectivity index (χ0v) is 14.2. The lowest BCUT2D eigenvalue weighted by Crippen LogP contribution is -2.57. The van der Waals surface area contributed by atoms with Crippen LogP contribution >= 0.6 is 21.6 Å². The SMILES string of the molecule is CCCCCCCCSSC1OC(CO)C(O)C(O)C1O. The Morgan fingerprint density at radius 2 is 1.57 bits per heavy atom. The van der Waals surface area contributed by atoms with Crippen molar-refractivity contribution in [3.05, 3.63) is 0 Å². The first-order chi connectivity index (χ1) is 10.1. The van der Waals surface area contributed by atoms with E-state index in [9.17, 15) is 15.3 Å². The largest absolute Gasteiger partial charge is 0.394 e. The minimum absolute atomic E-state index is 0.371. The highest BCUT2D eigenvalue weighted by Crippen LogP contribution is 2.36. The van der Waals surface area contributed by atoms with E-state index in [1.807, 2.05) is 0 Å². The van der Waals surface area contributed by atoms with E-state index in [2.05, 4.69) is 6.92 Å². The van der Waals surface area contributed by atoms with Crippen LogP contribution in [-0.4, -0.2) is 62.6 Å². The smallest absolute Gasteiger partial charge is 0.142 e. The summed E-state index contributed by atoms with van der Waals surface area (Å²) in [5.41, 5.74) is -0.620. The summed E-state index contributed by atoms with van der Waals surface area (Å²) in [6.07, 6.45) is 2.95. The summed E-state index contributed by atoms with van der Waals surface area (Å²) in [7, 11) is 2.96. The monoisotopic (exact) mass is 340 g/mol. The zero-order valence-electron chi connectivity index (χ0n) is 12.6. The molecular formula is C14H28O5S2. The van der Waals surface area contributed by atoms with Gasteiger partial charge in [0.05, 0.1) is 6.61 Å². The molecule has 0 aromatic rings. The van der Waals surface area contributed by atoms with Gasteiger partial charge in [-0.05, 0) is 6.42 Å². The first-order valence-electron chi connectivity index (χ1n) is 7.70. The van der Waals surface area contributed by atoms with Crippen LogP contribution in [0.5, 0.6) is 0 Å². The normalized spacial score (nSPS) is 33.3. The minimum atomic E-state index is -1.27. The average Bonchev–Trinajstić information content (AvgIpc) is 2.49. The van der Waals surface area contributed by atoms with Crippen molar-refractivity contribution >= 4 is 21.6 Å². The summed E-state index contributed by atoms with van der Waals surface area (Å²) in [4.78, 5) is 0. The highest BCUT2D eigenvalue weighted by molar-refractivity contribution is 8.76. The Morgan fingerprint density at radius 3 is 2.24 bits per heavy atom. The maximum absolute atomic E-state index is 9.87. The van der Waals surface area contributed by atoms with Gasteiger partial charge in [0.1, 0.15) is 29.9 Å². The minimum Gasteiger partial charge on any atom is -0.394 e. The lowest BCUT2D eigenvalue weighted by atomic mass is 10.0. The van der Waals surface area contributed by atoms with Gasteiger partial charge in [0.15, 0.2) is 0 Å². The van der Waals surface area contributed by atoms with E-state index in [-0.39, 0.29) is 6.61 Å². The second-order valence-corrected chi connectivity index (χ2v) is 7.97. The molecule has 126 valence electrons. The molecule has 5 unspecified atom stereocenters. The topological polar surface area (TPSA) is 90.2 Å². The van der Waals surface area contributed by atoms with Gasteiger partial charge in [0, 0.05) is 5.75 Å². The first-order valence-corrected chi connectivity index (χ1v) is 10.1. The molecule has 0 saturated carbocycles. The van der Waals surface area contributed by atoms with E-state index in [0.29, 0.717) is 0 Å². The van der Waals surface area contributed by atoms with Gasteiger partial charge in [-0.2, -0.15) is 0 Å². The summed E-state index contributed by atoms with van der Waals surface area (Å²) in [6, 6.07) is 0. The molecular weight excluding hydrogens is 312 g/mol. The zero-order chi connectivity index (χ0) is 15.7. The molecule has 0 bridgehead atoms. The molecule has 1 heterocycles. The molecule has 1 fully saturated rings. The standard InChI is InChI=1S/C14H28O5S2/c1-2-3-4-5-6-7-8-20-21-14-13(18)12(17)11(16)10(9-15)19-14/h10-18H,2-9H2,1H3. The number of hydrogen-bond donors (Lipinski definition) is 4. The molecule has 0 spiro atoms. The fraction of sp³-hybridized carbons (Fsp3) is 1.00. The van der Waals surface area contributed by atoms with Gasteiger partial charge >= 0.3 is 0 Å². The summed E-state index contributed by atoms with van der Waals surface area (Å²) in [6.45, 7) is 1.83. The lowest BCUT2D eigenvalue weighted by Gasteiger charge is -2.39. The van der Waals surface area contributed by atoms with E-state index >= 15 is 0 Å². The van der Waals surface area contributed by atoms with Gasteiger partial charge in [0.2, 0.25) is 0 Å². The van der Waals surface area contributed by atoms with Crippen LogP contribution in [0.25, 0.3) is 0 Å². The maximum Gasteiger partial charge on any atom is 0.142 e. The van der Waals surface area contributed by atoms with E-state index in [1.165, 1.54) is 42.9 Å². The Bertz CT molecular complexity index is 268. The number of aliphatic hydroxyl groups is 4.